The summed E-state index contributed by atoms with van der Waals surface area (Å²) in [7, 11) is 2.45. The zero-order valence-corrected chi connectivity index (χ0v) is 16.0. The van der Waals surface area contributed by atoms with Crippen LogP contribution in [0, 0.1) is 0 Å². The Hall–Kier alpha value is -1.51. The summed E-state index contributed by atoms with van der Waals surface area (Å²) in [5.74, 6) is 0.142. The second kappa shape index (κ2) is 7.25. The lowest BCUT2D eigenvalue weighted by molar-refractivity contribution is -0.137. The Morgan fingerprint density at radius 1 is 1.15 bits per heavy atom. The largest absolute Gasteiger partial charge is 0.497 e. The molecule has 0 bridgehead atoms. The summed E-state index contributed by atoms with van der Waals surface area (Å²) < 4.78 is 56.5. The number of methoxy groups -OCH3 is 1. The van der Waals surface area contributed by atoms with E-state index in [4.69, 9.17) is 14.0 Å². The molecule has 0 radical (unpaired) electrons. The van der Waals surface area contributed by atoms with E-state index in [0.29, 0.717) is 17.6 Å². The molecule has 1 aliphatic rings. The van der Waals surface area contributed by atoms with Crippen LogP contribution in [0.2, 0.25) is 0 Å². The van der Waals surface area contributed by atoms with Gasteiger partial charge in [-0.15, -0.1) is 0 Å². The van der Waals surface area contributed by atoms with Crippen molar-refractivity contribution >= 4 is 13.2 Å². The molecule has 4 nitrogen and oxygen atoms in total. The lowest BCUT2D eigenvalue weighted by Crippen LogP contribution is -2.41. The van der Waals surface area contributed by atoms with Gasteiger partial charge in [0.25, 0.3) is 0 Å². The van der Waals surface area contributed by atoms with Crippen molar-refractivity contribution in [3.05, 3.63) is 34.8 Å². The predicted molar refractivity (Wildman–Crippen MR) is 96.0 cm³/mol. The van der Waals surface area contributed by atoms with E-state index in [1.165, 1.54) is 7.11 Å². The predicted octanol–water partition coefficient (Wildman–Crippen LogP) is 3.95. The Morgan fingerprint density at radius 2 is 1.73 bits per heavy atom. The standard InChI is InChI=1S/C18H25BF3NO3/c1-16(2)17(3,4)26-19(25-16)14(11-23-5)8-12-7-13(18(20,21)22)10-15(9-12)24-6/h7-10,23H,11H2,1-6H3. The lowest BCUT2D eigenvalue weighted by atomic mass is 9.77. The number of nitrogens with one attached hydrogen (secondary N) is 1. The number of hydrogen-bond acceptors (Lipinski definition) is 4. The maximum absolute atomic E-state index is 13.1. The Labute approximate surface area is 152 Å². The zero-order valence-electron chi connectivity index (χ0n) is 16.0. The zero-order chi connectivity index (χ0) is 19.8. The van der Waals surface area contributed by atoms with Gasteiger partial charge < -0.3 is 19.4 Å². The molecule has 0 amide bonds. The van der Waals surface area contributed by atoms with E-state index in [9.17, 15) is 13.2 Å². The second-order valence-corrected chi connectivity index (χ2v) is 7.33. The average Bonchev–Trinajstić information content (AvgIpc) is 2.74. The fraction of sp³-hybridized carbons (Fsp3) is 0.556. The van der Waals surface area contributed by atoms with Crippen LogP contribution in [-0.4, -0.2) is 39.0 Å². The van der Waals surface area contributed by atoms with E-state index in [1.54, 1.807) is 19.2 Å². The van der Waals surface area contributed by atoms with Crippen molar-refractivity contribution in [2.24, 2.45) is 0 Å². The van der Waals surface area contributed by atoms with Gasteiger partial charge in [0.2, 0.25) is 0 Å². The molecule has 1 aromatic carbocycles. The monoisotopic (exact) mass is 371 g/mol. The van der Waals surface area contributed by atoms with Crippen LogP contribution in [-0.2, 0) is 15.5 Å². The van der Waals surface area contributed by atoms with Crippen molar-refractivity contribution in [3.8, 4) is 5.75 Å². The third kappa shape index (κ3) is 4.42. The summed E-state index contributed by atoms with van der Waals surface area (Å²) >= 11 is 0. The van der Waals surface area contributed by atoms with Crippen molar-refractivity contribution < 1.29 is 27.2 Å². The summed E-state index contributed by atoms with van der Waals surface area (Å²) in [6, 6.07) is 3.61. The second-order valence-electron chi connectivity index (χ2n) is 7.33. The third-order valence-electron chi connectivity index (χ3n) is 4.78. The molecule has 0 saturated carbocycles. The van der Waals surface area contributed by atoms with Crippen LogP contribution in [0.4, 0.5) is 13.2 Å². The maximum atomic E-state index is 13.1. The number of alkyl halides is 3. The first-order valence-electron chi connectivity index (χ1n) is 8.36. The van der Waals surface area contributed by atoms with Gasteiger partial charge in [-0.1, -0.05) is 6.08 Å². The van der Waals surface area contributed by atoms with Gasteiger partial charge in [0, 0.05) is 6.54 Å². The summed E-state index contributed by atoms with van der Waals surface area (Å²) in [4.78, 5) is 0. The van der Waals surface area contributed by atoms with Crippen LogP contribution in [0.25, 0.3) is 6.08 Å². The first-order chi connectivity index (χ1) is 11.9. The quantitative estimate of drug-likeness (QED) is 0.796. The van der Waals surface area contributed by atoms with E-state index in [-0.39, 0.29) is 5.75 Å². The molecular formula is C18H25BF3NO3. The minimum atomic E-state index is -4.45. The van der Waals surface area contributed by atoms with Gasteiger partial charge in [0.1, 0.15) is 5.75 Å². The van der Waals surface area contributed by atoms with Gasteiger partial charge in [-0.3, -0.25) is 0 Å². The number of likely N-dealkylation sites (N-methyl/N-ethyl adjacent to an activating group) is 1. The number of benzene rings is 1. The van der Waals surface area contributed by atoms with E-state index < -0.39 is 30.1 Å². The number of ether oxygens (including phenoxy) is 1. The first-order valence-corrected chi connectivity index (χ1v) is 8.36. The smallest absolute Gasteiger partial charge is 0.491 e. The van der Waals surface area contributed by atoms with Crippen LogP contribution in [0.5, 0.6) is 5.75 Å². The van der Waals surface area contributed by atoms with Crippen LogP contribution in [0.1, 0.15) is 38.8 Å². The Balaban J connectivity index is 2.43. The third-order valence-corrected chi connectivity index (χ3v) is 4.78. The van der Waals surface area contributed by atoms with Gasteiger partial charge in [-0.2, -0.15) is 13.2 Å². The molecule has 0 aromatic heterocycles. The van der Waals surface area contributed by atoms with Crippen molar-refractivity contribution in [2.75, 3.05) is 20.7 Å². The molecule has 26 heavy (non-hydrogen) atoms. The summed E-state index contributed by atoms with van der Waals surface area (Å²) in [5, 5.41) is 3.01. The van der Waals surface area contributed by atoms with E-state index in [2.05, 4.69) is 5.32 Å². The van der Waals surface area contributed by atoms with E-state index in [0.717, 1.165) is 12.1 Å². The molecule has 1 heterocycles. The van der Waals surface area contributed by atoms with Gasteiger partial charge >= 0.3 is 13.3 Å². The molecule has 1 aromatic rings. The van der Waals surface area contributed by atoms with Crippen LogP contribution in [0.15, 0.2) is 23.7 Å². The maximum Gasteiger partial charge on any atom is 0.491 e. The topological polar surface area (TPSA) is 39.7 Å². The van der Waals surface area contributed by atoms with Gasteiger partial charge in [-0.05, 0) is 64.0 Å². The molecule has 144 valence electrons. The van der Waals surface area contributed by atoms with Gasteiger partial charge in [0.05, 0.1) is 23.9 Å². The normalized spacial score (nSPS) is 19.7. The van der Waals surface area contributed by atoms with Crippen molar-refractivity contribution in [3.63, 3.8) is 0 Å². The highest BCUT2D eigenvalue weighted by Gasteiger charge is 2.52. The molecule has 2 rings (SSSR count). The minimum absolute atomic E-state index is 0.142. The van der Waals surface area contributed by atoms with E-state index >= 15 is 0 Å². The highest BCUT2D eigenvalue weighted by molar-refractivity contribution is 6.55. The molecule has 1 N–H and O–H groups in total. The Morgan fingerprint density at radius 3 is 2.19 bits per heavy atom. The van der Waals surface area contributed by atoms with Gasteiger partial charge in [-0.25, -0.2) is 0 Å². The number of hydrogen-bond donors (Lipinski definition) is 1. The van der Waals surface area contributed by atoms with E-state index in [1.807, 2.05) is 27.7 Å². The van der Waals surface area contributed by atoms with Crippen molar-refractivity contribution in [1.82, 2.24) is 5.32 Å². The number of rotatable bonds is 5. The van der Waals surface area contributed by atoms with Crippen molar-refractivity contribution in [1.29, 1.82) is 0 Å². The number of halogens is 3. The fourth-order valence-corrected chi connectivity index (χ4v) is 2.60. The Bertz CT molecular complexity index is 671. The average molecular weight is 371 g/mol. The van der Waals surface area contributed by atoms with Crippen LogP contribution >= 0.6 is 0 Å². The molecule has 1 aliphatic heterocycles. The molecule has 1 fully saturated rings. The summed E-state index contributed by atoms with van der Waals surface area (Å²) in [6.45, 7) is 8.12. The molecule has 0 unspecified atom stereocenters. The SMILES string of the molecule is CNCC(=Cc1cc(OC)cc(C(F)(F)F)c1)B1OC(C)(C)C(C)(C)O1. The molecular weight excluding hydrogens is 346 g/mol. The first kappa shape index (κ1) is 20.8. The van der Waals surface area contributed by atoms with Gasteiger partial charge in [0.15, 0.2) is 0 Å². The summed E-state index contributed by atoms with van der Waals surface area (Å²) in [6.07, 6.45) is -2.80. The highest BCUT2D eigenvalue weighted by Crippen LogP contribution is 2.39. The van der Waals surface area contributed by atoms with Crippen LogP contribution in [0.3, 0.4) is 0 Å². The summed E-state index contributed by atoms with van der Waals surface area (Å²) in [5.41, 5.74) is -0.753. The fourth-order valence-electron chi connectivity index (χ4n) is 2.60. The molecule has 0 aliphatic carbocycles. The Kier molecular flexibility index (Phi) is 5.80. The molecule has 1 saturated heterocycles. The molecule has 8 heteroatoms. The lowest BCUT2D eigenvalue weighted by Gasteiger charge is -2.32. The molecule has 0 atom stereocenters. The van der Waals surface area contributed by atoms with Crippen molar-refractivity contribution in [2.45, 2.75) is 45.1 Å². The highest BCUT2D eigenvalue weighted by atomic mass is 19.4. The van der Waals surface area contributed by atoms with Crippen LogP contribution < -0.4 is 10.1 Å². The minimum Gasteiger partial charge on any atom is -0.497 e. The molecule has 0 spiro atoms.